The number of aryl methyl sites for hydroxylation is 3. The lowest BCUT2D eigenvalue weighted by molar-refractivity contribution is -0.119. The molecule has 0 radical (unpaired) electrons. The number of hydrogen-bond donors (Lipinski definition) is 1. The van der Waals surface area contributed by atoms with Gasteiger partial charge in [-0.3, -0.25) is 9.78 Å². The Balaban J connectivity index is 0.000000334. The molecule has 10 heteroatoms. The van der Waals surface area contributed by atoms with Crippen LogP contribution in [0, 0.1) is 19.8 Å². The van der Waals surface area contributed by atoms with Gasteiger partial charge in [-0.05, 0) is 44.8 Å². The van der Waals surface area contributed by atoms with Crippen LogP contribution in [0.5, 0.6) is 0 Å². The maximum absolute atomic E-state index is 10.1. The zero-order chi connectivity index (χ0) is 22.0. The van der Waals surface area contributed by atoms with Gasteiger partial charge in [-0.1, -0.05) is 6.92 Å². The largest absolute Gasteiger partial charge is 0.356 e. The lowest BCUT2D eigenvalue weighted by Gasteiger charge is -2.11. The van der Waals surface area contributed by atoms with Crippen molar-refractivity contribution in [1.29, 1.82) is 0 Å². The van der Waals surface area contributed by atoms with Crippen molar-refractivity contribution >= 4 is 29.7 Å². The van der Waals surface area contributed by atoms with Gasteiger partial charge in [-0.2, -0.15) is 4.98 Å². The van der Waals surface area contributed by atoms with E-state index in [9.17, 15) is 4.79 Å². The highest BCUT2D eigenvalue weighted by Crippen LogP contribution is 2.21. The molecule has 164 valence electrons. The fourth-order valence-corrected chi connectivity index (χ4v) is 3.64. The molecular weight excluding hydrogens is 394 g/mol. The molecule has 1 unspecified atom stereocenters. The molecule has 0 aromatic carbocycles. The molecule has 5 heterocycles. The first-order valence-corrected chi connectivity index (χ1v) is 10.7. The quantitative estimate of drug-likeness (QED) is 0.684. The highest BCUT2D eigenvalue weighted by atomic mass is 16.1. The molecule has 10 nitrogen and oxygen atoms in total. The van der Waals surface area contributed by atoms with Gasteiger partial charge in [0.05, 0.1) is 17.6 Å². The van der Waals surface area contributed by atoms with Crippen molar-refractivity contribution in [3.8, 4) is 0 Å². The number of carbonyl (C=O) groups is 1. The Morgan fingerprint density at radius 1 is 1.19 bits per heavy atom. The molecule has 31 heavy (non-hydrogen) atoms. The fourth-order valence-electron chi connectivity index (χ4n) is 3.64. The summed E-state index contributed by atoms with van der Waals surface area (Å²) in [6.07, 6.45) is 8.46. The van der Waals surface area contributed by atoms with Crippen molar-refractivity contribution < 1.29 is 4.79 Å². The van der Waals surface area contributed by atoms with Crippen LogP contribution in [0.4, 0.5) is 5.95 Å². The molecule has 2 fully saturated rings. The van der Waals surface area contributed by atoms with Gasteiger partial charge in [0, 0.05) is 33.1 Å². The topological polar surface area (TPSA) is 106 Å². The first-order chi connectivity index (χ1) is 14.9. The number of amides is 1. The van der Waals surface area contributed by atoms with Crippen molar-refractivity contribution in [3.05, 3.63) is 29.2 Å². The number of aromatic nitrogens is 7. The van der Waals surface area contributed by atoms with Crippen LogP contribution in [0.2, 0.25) is 0 Å². The van der Waals surface area contributed by atoms with Crippen LogP contribution < -0.4 is 10.2 Å². The molecule has 0 saturated carbocycles. The summed E-state index contributed by atoms with van der Waals surface area (Å²) in [4.78, 5) is 25.8. The summed E-state index contributed by atoms with van der Waals surface area (Å²) in [5.74, 6) is 3.12. The maximum atomic E-state index is 10.1. The molecule has 2 saturated heterocycles. The van der Waals surface area contributed by atoms with Crippen molar-refractivity contribution in [2.24, 2.45) is 13.0 Å². The molecule has 1 amide bonds. The Bertz CT molecular complexity index is 1110. The monoisotopic (exact) mass is 423 g/mol. The minimum absolute atomic E-state index is 0.204. The summed E-state index contributed by atoms with van der Waals surface area (Å²) in [7, 11) is 1.91. The molecular formula is C21H29N9O. The van der Waals surface area contributed by atoms with E-state index in [0.717, 1.165) is 61.3 Å². The summed E-state index contributed by atoms with van der Waals surface area (Å²) in [6.45, 7) is 9.15. The van der Waals surface area contributed by atoms with Gasteiger partial charge in [0.2, 0.25) is 11.9 Å². The van der Waals surface area contributed by atoms with Gasteiger partial charge in [0.15, 0.2) is 17.3 Å². The number of carbonyl (C=O) groups excluding carboxylic acids is 1. The van der Waals surface area contributed by atoms with Crippen LogP contribution >= 0.6 is 0 Å². The van der Waals surface area contributed by atoms with E-state index < -0.39 is 0 Å². The SMILES string of the molecule is Cc1ncc2nc(/C=C/c3nc(N4CCC(C)C4)nn3C)nn2c1C.O=C1CCCN1. The molecule has 0 aliphatic carbocycles. The first-order valence-electron chi connectivity index (χ1n) is 10.7. The van der Waals surface area contributed by atoms with Crippen LogP contribution in [0.1, 0.15) is 49.2 Å². The zero-order valence-electron chi connectivity index (χ0n) is 18.5. The molecule has 0 spiro atoms. The minimum atomic E-state index is 0.204. The third-order valence-corrected chi connectivity index (χ3v) is 5.64. The van der Waals surface area contributed by atoms with E-state index in [-0.39, 0.29) is 5.91 Å². The lowest BCUT2D eigenvalue weighted by atomic mass is 10.2. The smallest absolute Gasteiger partial charge is 0.245 e. The predicted octanol–water partition coefficient (Wildman–Crippen LogP) is 1.78. The van der Waals surface area contributed by atoms with Crippen LogP contribution in [0.15, 0.2) is 6.20 Å². The van der Waals surface area contributed by atoms with Gasteiger partial charge in [0.1, 0.15) is 0 Å². The van der Waals surface area contributed by atoms with E-state index in [1.54, 1.807) is 10.9 Å². The van der Waals surface area contributed by atoms with Gasteiger partial charge >= 0.3 is 0 Å². The number of rotatable bonds is 3. The summed E-state index contributed by atoms with van der Waals surface area (Å²) < 4.78 is 3.61. The fraction of sp³-hybridized carbons (Fsp3) is 0.524. The Morgan fingerprint density at radius 3 is 2.68 bits per heavy atom. The second kappa shape index (κ2) is 8.83. The summed E-state index contributed by atoms with van der Waals surface area (Å²) >= 11 is 0. The summed E-state index contributed by atoms with van der Waals surface area (Å²) in [6, 6.07) is 0. The standard InChI is InChI=1S/C17H22N8.C4H7NO/c1-11-7-8-24(10-11)17-20-15(23(4)22-17)6-5-14-19-16-9-18-12(2)13(3)25(16)21-14;6-4-2-1-3-5-4/h5-6,9,11H,7-8,10H2,1-4H3;1-3H2,(H,5,6)/b6-5+;. The van der Waals surface area contributed by atoms with E-state index in [2.05, 4.69) is 42.3 Å². The second-order valence-electron chi connectivity index (χ2n) is 8.19. The normalized spacial score (nSPS) is 18.6. The molecule has 5 rings (SSSR count). The van der Waals surface area contributed by atoms with Crippen LogP contribution in [0.25, 0.3) is 17.8 Å². The minimum Gasteiger partial charge on any atom is -0.356 e. The van der Waals surface area contributed by atoms with Gasteiger partial charge in [-0.15, -0.1) is 10.2 Å². The Hall–Kier alpha value is -3.30. The van der Waals surface area contributed by atoms with E-state index >= 15 is 0 Å². The molecule has 0 bridgehead atoms. The van der Waals surface area contributed by atoms with E-state index in [0.29, 0.717) is 11.7 Å². The molecule has 3 aromatic heterocycles. The molecule has 1 atom stereocenters. The van der Waals surface area contributed by atoms with Crippen molar-refractivity contribution in [1.82, 2.24) is 39.7 Å². The van der Waals surface area contributed by atoms with Gasteiger partial charge in [0.25, 0.3) is 0 Å². The maximum Gasteiger partial charge on any atom is 0.245 e. The van der Waals surface area contributed by atoms with E-state index in [1.807, 2.05) is 37.6 Å². The summed E-state index contributed by atoms with van der Waals surface area (Å²) in [5.41, 5.74) is 2.69. The number of nitrogens with zero attached hydrogens (tertiary/aromatic N) is 8. The number of nitrogens with one attached hydrogen (secondary N) is 1. The van der Waals surface area contributed by atoms with Crippen molar-refractivity contribution in [2.45, 2.75) is 40.0 Å². The highest BCUT2D eigenvalue weighted by Gasteiger charge is 2.22. The molecule has 2 aliphatic heterocycles. The predicted molar refractivity (Wildman–Crippen MR) is 118 cm³/mol. The van der Waals surface area contributed by atoms with Crippen LogP contribution in [0.3, 0.4) is 0 Å². The molecule has 3 aromatic rings. The van der Waals surface area contributed by atoms with E-state index in [1.165, 1.54) is 6.42 Å². The van der Waals surface area contributed by atoms with Crippen LogP contribution in [-0.2, 0) is 11.8 Å². The van der Waals surface area contributed by atoms with Crippen molar-refractivity contribution in [2.75, 3.05) is 24.5 Å². The molecule has 2 aliphatic rings. The Labute approximate surface area is 181 Å². The third kappa shape index (κ3) is 4.73. The average Bonchev–Trinajstić information content (AvgIpc) is 3.52. The number of anilines is 1. The lowest BCUT2D eigenvalue weighted by Crippen LogP contribution is -2.20. The third-order valence-electron chi connectivity index (χ3n) is 5.64. The zero-order valence-corrected chi connectivity index (χ0v) is 18.5. The highest BCUT2D eigenvalue weighted by molar-refractivity contribution is 5.77. The van der Waals surface area contributed by atoms with Gasteiger partial charge in [-0.25, -0.2) is 14.2 Å². The Morgan fingerprint density at radius 2 is 2.03 bits per heavy atom. The van der Waals surface area contributed by atoms with Crippen molar-refractivity contribution in [3.63, 3.8) is 0 Å². The first kappa shape index (κ1) is 21.0. The second-order valence-corrected chi connectivity index (χ2v) is 8.19. The van der Waals surface area contributed by atoms with Gasteiger partial charge < -0.3 is 10.2 Å². The Kier molecular flexibility index (Phi) is 5.97. The summed E-state index contributed by atoms with van der Waals surface area (Å²) in [5, 5.41) is 11.7. The molecule has 1 N–H and O–H groups in total. The number of fused-ring (bicyclic) bond motifs is 1. The van der Waals surface area contributed by atoms with E-state index in [4.69, 9.17) is 0 Å². The van der Waals surface area contributed by atoms with Crippen LogP contribution in [-0.4, -0.2) is 59.9 Å². The average molecular weight is 424 g/mol. The number of hydrogen-bond acceptors (Lipinski definition) is 7.